The van der Waals surface area contributed by atoms with Crippen molar-refractivity contribution < 1.29 is 27.4 Å². The molecule has 0 radical (unpaired) electrons. The normalized spacial score (nSPS) is 14.5. The van der Waals surface area contributed by atoms with Gasteiger partial charge in [-0.1, -0.05) is 12.1 Å². The van der Waals surface area contributed by atoms with Gasteiger partial charge in [-0.25, -0.2) is 0 Å². The van der Waals surface area contributed by atoms with E-state index >= 15 is 0 Å². The van der Waals surface area contributed by atoms with E-state index in [-0.39, 0.29) is 0 Å². The summed E-state index contributed by atoms with van der Waals surface area (Å²) in [6.07, 6.45) is -4.94. The first-order chi connectivity index (χ1) is 10.1. The zero-order chi connectivity index (χ0) is 16.9. The van der Waals surface area contributed by atoms with Gasteiger partial charge in [-0.2, -0.15) is 13.2 Å². The van der Waals surface area contributed by atoms with Crippen molar-refractivity contribution in [3.8, 4) is 5.75 Å². The van der Waals surface area contributed by atoms with Crippen LogP contribution in [0.25, 0.3) is 0 Å². The van der Waals surface area contributed by atoms with Gasteiger partial charge < -0.3 is 9.47 Å². The second-order valence-corrected chi connectivity index (χ2v) is 5.06. The Kier molecular flexibility index (Phi) is 6.22. The van der Waals surface area contributed by atoms with Crippen LogP contribution in [0.3, 0.4) is 0 Å². The van der Waals surface area contributed by atoms with Crippen LogP contribution in [0.4, 0.5) is 13.2 Å². The van der Waals surface area contributed by atoms with Gasteiger partial charge in [0.05, 0.1) is 13.7 Å². The molecule has 0 aromatic heterocycles. The molecule has 124 valence electrons. The molecule has 0 spiro atoms. The van der Waals surface area contributed by atoms with Crippen LogP contribution in [-0.4, -0.2) is 43.8 Å². The quantitative estimate of drug-likeness (QED) is 0.755. The average molecular weight is 319 g/mol. The molecule has 1 aromatic rings. The van der Waals surface area contributed by atoms with Gasteiger partial charge in [0.2, 0.25) is 0 Å². The standard InChI is InChI=1S/C15H20F3NO3/c1-10(19(3)9-15(16,17)18)14(20)22-11(2)12-6-5-7-13(8-12)21-4/h5-8,10-11H,9H2,1-4H3/t10-,11+/m1/s1. The molecular formula is C15H20F3NO3. The van der Waals surface area contributed by atoms with Crippen LogP contribution in [0.1, 0.15) is 25.5 Å². The maximum Gasteiger partial charge on any atom is 0.401 e. The molecule has 0 aliphatic heterocycles. The summed E-state index contributed by atoms with van der Waals surface area (Å²) >= 11 is 0. The predicted molar refractivity (Wildman–Crippen MR) is 75.6 cm³/mol. The van der Waals surface area contributed by atoms with Gasteiger partial charge in [0, 0.05) is 0 Å². The number of rotatable bonds is 6. The first-order valence-corrected chi connectivity index (χ1v) is 6.75. The number of ether oxygens (including phenoxy) is 2. The zero-order valence-corrected chi connectivity index (χ0v) is 13.0. The molecule has 0 N–H and O–H groups in total. The monoisotopic (exact) mass is 319 g/mol. The lowest BCUT2D eigenvalue weighted by Gasteiger charge is -2.25. The van der Waals surface area contributed by atoms with E-state index < -0.39 is 30.8 Å². The van der Waals surface area contributed by atoms with E-state index in [0.717, 1.165) is 4.90 Å². The fourth-order valence-electron chi connectivity index (χ4n) is 1.83. The van der Waals surface area contributed by atoms with Gasteiger partial charge in [0.15, 0.2) is 0 Å². The highest BCUT2D eigenvalue weighted by molar-refractivity contribution is 5.75. The topological polar surface area (TPSA) is 38.8 Å². The highest BCUT2D eigenvalue weighted by Crippen LogP contribution is 2.23. The van der Waals surface area contributed by atoms with E-state index in [1.54, 1.807) is 31.2 Å². The van der Waals surface area contributed by atoms with Gasteiger partial charge >= 0.3 is 12.1 Å². The van der Waals surface area contributed by atoms with Crippen molar-refractivity contribution in [2.45, 2.75) is 32.2 Å². The van der Waals surface area contributed by atoms with E-state index in [9.17, 15) is 18.0 Å². The SMILES string of the molecule is COc1cccc([C@H](C)OC(=O)[C@@H](C)N(C)CC(F)(F)F)c1. The highest BCUT2D eigenvalue weighted by Gasteiger charge is 2.33. The summed E-state index contributed by atoms with van der Waals surface area (Å²) in [5.41, 5.74) is 0.707. The second kappa shape index (κ2) is 7.49. The summed E-state index contributed by atoms with van der Waals surface area (Å²) in [5, 5.41) is 0. The van der Waals surface area contributed by atoms with Crippen LogP contribution in [0.5, 0.6) is 5.75 Å². The molecule has 0 saturated heterocycles. The second-order valence-electron chi connectivity index (χ2n) is 5.06. The molecule has 0 aliphatic carbocycles. The molecule has 0 heterocycles. The molecule has 22 heavy (non-hydrogen) atoms. The third-order valence-electron chi connectivity index (χ3n) is 3.29. The summed E-state index contributed by atoms with van der Waals surface area (Å²) in [6.45, 7) is 1.87. The first-order valence-electron chi connectivity index (χ1n) is 6.75. The highest BCUT2D eigenvalue weighted by atomic mass is 19.4. The Hall–Kier alpha value is -1.76. The van der Waals surface area contributed by atoms with E-state index in [4.69, 9.17) is 9.47 Å². The minimum atomic E-state index is -4.36. The van der Waals surface area contributed by atoms with Gasteiger partial charge in [0.25, 0.3) is 0 Å². The van der Waals surface area contributed by atoms with Crippen LogP contribution in [0.15, 0.2) is 24.3 Å². The zero-order valence-electron chi connectivity index (χ0n) is 13.0. The van der Waals surface area contributed by atoms with Crippen molar-refractivity contribution in [3.63, 3.8) is 0 Å². The molecule has 0 bridgehead atoms. The molecule has 4 nitrogen and oxygen atoms in total. The Morgan fingerprint density at radius 3 is 2.50 bits per heavy atom. The van der Waals surface area contributed by atoms with E-state index in [2.05, 4.69) is 0 Å². The third kappa shape index (κ3) is 5.55. The van der Waals surface area contributed by atoms with Gasteiger partial charge in [-0.05, 0) is 38.6 Å². The van der Waals surface area contributed by atoms with Crippen molar-refractivity contribution in [2.24, 2.45) is 0 Å². The fourth-order valence-corrected chi connectivity index (χ4v) is 1.83. The lowest BCUT2D eigenvalue weighted by Crippen LogP contribution is -2.42. The molecule has 2 atom stereocenters. The van der Waals surface area contributed by atoms with Crippen molar-refractivity contribution in [1.29, 1.82) is 0 Å². The Balaban J connectivity index is 2.66. The van der Waals surface area contributed by atoms with Crippen LogP contribution in [0.2, 0.25) is 0 Å². The van der Waals surface area contributed by atoms with Crippen molar-refractivity contribution in [1.82, 2.24) is 4.90 Å². The van der Waals surface area contributed by atoms with Crippen LogP contribution in [-0.2, 0) is 9.53 Å². The minimum absolute atomic E-state index is 0.579. The number of carbonyl (C=O) groups excluding carboxylic acids is 1. The first kappa shape index (κ1) is 18.3. The van der Waals surface area contributed by atoms with Crippen molar-refractivity contribution in [3.05, 3.63) is 29.8 Å². The van der Waals surface area contributed by atoms with E-state index in [0.29, 0.717) is 11.3 Å². The van der Waals surface area contributed by atoms with Gasteiger partial charge in [0.1, 0.15) is 17.9 Å². The number of hydrogen-bond donors (Lipinski definition) is 0. The lowest BCUT2D eigenvalue weighted by atomic mass is 10.1. The number of methoxy groups -OCH3 is 1. The number of alkyl halides is 3. The van der Waals surface area contributed by atoms with Crippen molar-refractivity contribution in [2.75, 3.05) is 20.7 Å². The Morgan fingerprint density at radius 1 is 1.32 bits per heavy atom. The smallest absolute Gasteiger partial charge is 0.401 e. The largest absolute Gasteiger partial charge is 0.497 e. The summed E-state index contributed by atoms with van der Waals surface area (Å²) in [6, 6.07) is 5.97. The van der Waals surface area contributed by atoms with Gasteiger partial charge in [-0.15, -0.1) is 0 Å². The Labute approximate surface area is 127 Å². The van der Waals surface area contributed by atoms with E-state index in [1.165, 1.54) is 21.1 Å². The number of likely N-dealkylation sites (N-methyl/N-ethyl adjacent to an activating group) is 1. The van der Waals surface area contributed by atoms with Gasteiger partial charge in [-0.3, -0.25) is 9.69 Å². The van der Waals surface area contributed by atoms with Crippen LogP contribution < -0.4 is 4.74 Å². The summed E-state index contributed by atoms with van der Waals surface area (Å²) < 4.78 is 47.3. The maximum absolute atomic E-state index is 12.3. The van der Waals surface area contributed by atoms with Crippen LogP contribution in [0, 0.1) is 0 Å². The molecule has 1 aromatic carbocycles. The number of benzene rings is 1. The summed E-state index contributed by atoms with van der Waals surface area (Å²) in [5.74, 6) is -0.0929. The number of nitrogens with zero attached hydrogens (tertiary/aromatic N) is 1. The molecule has 0 aliphatic rings. The average Bonchev–Trinajstić information content (AvgIpc) is 2.44. The third-order valence-corrected chi connectivity index (χ3v) is 3.29. The molecule has 0 saturated carbocycles. The Bertz CT molecular complexity index is 505. The minimum Gasteiger partial charge on any atom is -0.497 e. The Morgan fingerprint density at radius 2 is 1.95 bits per heavy atom. The number of halogens is 3. The number of esters is 1. The molecule has 0 amide bonds. The molecule has 0 fully saturated rings. The molecule has 1 rings (SSSR count). The molecule has 7 heteroatoms. The number of hydrogen-bond acceptors (Lipinski definition) is 4. The molecule has 0 unspecified atom stereocenters. The van der Waals surface area contributed by atoms with Crippen LogP contribution >= 0.6 is 0 Å². The maximum atomic E-state index is 12.3. The van der Waals surface area contributed by atoms with Crippen molar-refractivity contribution >= 4 is 5.97 Å². The predicted octanol–water partition coefficient (Wildman–Crippen LogP) is 3.18. The van der Waals surface area contributed by atoms with E-state index in [1.807, 2.05) is 0 Å². The summed E-state index contributed by atoms with van der Waals surface area (Å²) in [4.78, 5) is 12.8. The lowest BCUT2D eigenvalue weighted by molar-refractivity contribution is -0.164. The number of carbonyl (C=O) groups is 1. The summed E-state index contributed by atoms with van der Waals surface area (Å²) in [7, 11) is 2.75. The fraction of sp³-hybridized carbons (Fsp3) is 0.533. The molecular weight excluding hydrogens is 299 g/mol.